The predicted molar refractivity (Wildman–Crippen MR) is 93.4 cm³/mol. The van der Waals surface area contributed by atoms with Crippen LogP contribution in [0.15, 0.2) is 42.6 Å². The van der Waals surface area contributed by atoms with Crippen LogP contribution >= 0.6 is 11.3 Å². The lowest BCUT2D eigenvalue weighted by atomic mass is 10.2. The van der Waals surface area contributed by atoms with Crippen molar-refractivity contribution in [2.75, 3.05) is 4.90 Å². The lowest BCUT2D eigenvalue weighted by Gasteiger charge is -2.21. The zero-order chi connectivity index (χ0) is 17.8. The molecule has 0 unspecified atom stereocenters. The van der Waals surface area contributed by atoms with Gasteiger partial charge in [0, 0.05) is 10.6 Å². The number of anilines is 2. The van der Waals surface area contributed by atoms with Crippen LogP contribution in [0.2, 0.25) is 0 Å². The number of aryl methyl sites for hydroxylation is 1. The maximum absolute atomic E-state index is 13.1. The molecule has 0 atom stereocenters. The number of rotatable bonds is 5. The van der Waals surface area contributed by atoms with Crippen molar-refractivity contribution < 1.29 is 9.18 Å². The van der Waals surface area contributed by atoms with Gasteiger partial charge in [-0.2, -0.15) is 5.26 Å². The molecule has 0 aliphatic heterocycles. The molecule has 0 aliphatic carbocycles. The van der Waals surface area contributed by atoms with Gasteiger partial charge < -0.3 is 4.90 Å². The number of thiazole rings is 1. The van der Waals surface area contributed by atoms with E-state index in [9.17, 15) is 9.18 Å². The summed E-state index contributed by atoms with van der Waals surface area (Å²) >= 11 is 1.39. The van der Waals surface area contributed by atoms with Gasteiger partial charge in [-0.1, -0.05) is 0 Å². The average molecular weight is 352 g/mol. The number of benzene rings is 1. The van der Waals surface area contributed by atoms with Gasteiger partial charge in [-0.05, 0) is 43.3 Å². The van der Waals surface area contributed by atoms with Crippen LogP contribution in [0.3, 0.4) is 0 Å². The molecule has 0 fully saturated rings. The number of carbonyl (C=O) groups is 1. The number of carbonyl (C=O) groups excluding carboxylic acids is 1. The Labute approximate surface area is 148 Å². The second-order valence-electron chi connectivity index (χ2n) is 5.27. The maximum atomic E-state index is 13.1. The standard InChI is InChI=1S/C18H13FN4OS/c1-12-17(11-24)22-18(25-12)23(10-15-5-4-14(19)9-21-15)16-6-2-13(8-20)3-7-16/h2-7,9,11H,10H2,1H3. The van der Waals surface area contributed by atoms with E-state index in [2.05, 4.69) is 16.0 Å². The Bertz CT molecular complexity index is 929. The van der Waals surface area contributed by atoms with Gasteiger partial charge >= 0.3 is 0 Å². The summed E-state index contributed by atoms with van der Waals surface area (Å²) in [6.07, 6.45) is 1.89. The Morgan fingerprint density at radius 3 is 2.60 bits per heavy atom. The first-order valence-electron chi connectivity index (χ1n) is 7.41. The summed E-state index contributed by atoms with van der Waals surface area (Å²) in [6, 6.07) is 12.1. The molecular weight excluding hydrogens is 339 g/mol. The van der Waals surface area contributed by atoms with E-state index in [-0.39, 0.29) is 0 Å². The van der Waals surface area contributed by atoms with E-state index in [4.69, 9.17) is 5.26 Å². The van der Waals surface area contributed by atoms with Gasteiger partial charge in [-0.3, -0.25) is 9.78 Å². The van der Waals surface area contributed by atoms with Gasteiger partial charge in [0.15, 0.2) is 11.4 Å². The van der Waals surface area contributed by atoms with Crippen molar-refractivity contribution in [1.82, 2.24) is 9.97 Å². The van der Waals surface area contributed by atoms with Crippen molar-refractivity contribution in [3.63, 3.8) is 0 Å². The van der Waals surface area contributed by atoms with E-state index in [1.54, 1.807) is 30.3 Å². The highest BCUT2D eigenvalue weighted by Gasteiger charge is 2.17. The molecule has 3 rings (SSSR count). The molecule has 0 saturated carbocycles. The minimum absolute atomic E-state index is 0.359. The van der Waals surface area contributed by atoms with Gasteiger partial charge in [0.2, 0.25) is 0 Å². The van der Waals surface area contributed by atoms with Crippen LogP contribution < -0.4 is 4.90 Å². The predicted octanol–water partition coefficient (Wildman–Crippen LogP) is 4.01. The number of nitriles is 1. The first-order valence-corrected chi connectivity index (χ1v) is 8.23. The Kier molecular flexibility index (Phi) is 4.82. The summed E-state index contributed by atoms with van der Waals surface area (Å²) in [5.74, 6) is -0.401. The van der Waals surface area contributed by atoms with Gasteiger partial charge in [-0.15, -0.1) is 11.3 Å². The zero-order valence-electron chi connectivity index (χ0n) is 13.3. The van der Waals surface area contributed by atoms with Crippen LogP contribution in [0.5, 0.6) is 0 Å². The van der Waals surface area contributed by atoms with E-state index in [0.29, 0.717) is 28.6 Å². The highest BCUT2D eigenvalue weighted by molar-refractivity contribution is 7.15. The van der Waals surface area contributed by atoms with Crippen molar-refractivity contribution >= 4 is 28.4 Å². The topological polar surface area (TPSA) is 69.9 Å². The first kappa shape index (κ1) is 16.7. The van der Waals surface area contributed by atoms with Crippen molar-refractivity contribution in [1.29, 1.82) is 5.26 Å². The summed E-state index contributed by atoms with van der Waals surface area (Å²) in [7, 11) is 0. The van der Waals surface area contributed by atoms with Crippen LogP contribution in [0, 0.1) is 24.1 Å². The summed E-state index contributed by atoms with van der Waals surface area (Å²) < 4.78 is 13.1. The van der Waals surface area contributed by atoms with E-state index in [1.165, 1.54) is 17.4 Å². The average Bonchev–Trinajstić information content (AvgIpc) is 3.02. The van der Waals surface area contributed by atoms with Crippen molar-refractivity contribution in [2.24, 2.45) is 0 Å². The molecule has 0 spiro atoms. The van der Waals surface area contributed by atoms with E-state index < -0.39 is 5.82 Å². The molecule has 0 aliphatic rings. The van der Waals surface area contributed by atoms with Gasteiger partial charge in [-0.25, -0.2) is 9.37 Å². The molecule has 124 valence electrons. The fourth-order valence-corrected chi connectivity index (χ4v) is 3.16. The zero-order valence-corrected chi connectivity index (χ0v) is 14.1. The molecule has 2 heterocycles. The molecule has 0 N–H and O–H groups in total. The lowest BCUT2D eigenvalue weighted by Crippen LogP contribution is -2.17. The van der Waals surface area contributed by atoms with Crippen molar-refractivity contribution in [3.8, 4) is 6.07 Å². The molecule has 2 aromatic heterocycles. The Hall–Kier alpha value is -3.11. The first-order chi connectivity index (χ1) is 12.1. The van der Waals surface area contributed by atoms with Crippen LogP contribution in [0.1, 0.15) is 26.6 Å². The Morgan fingerprint density at radius 2 is 2.04 bits per heavy atom. The van der Waals surface area contributed by atoms with Gasteiger partial charge in [0.25, 0.3) is 0 Å². The molecule has 25 heavy (non-hydrogen) atoms. The summed E-state index contributed by atoms with van der Waals surface area (Å²) in [5, 5.41) is 9.59. The minimum atomic E-state index is -0.401. The van der Waals surface area contributed by atoms with E-state index in [0.717, 1.165) is 23.0 Å². The molecule has 0 radical (unpaired) electrons. The third-order valence-electron chi connectivity index (χ3n) is 3.58. The molecular formula is C18H13FN4OS. The molecule has 3 aromatic rings. The molecule has 0 saturated heterocycles. The highest BCUT2D eigenvalue weighted by atomic mass is 32.1. The van der Waals surface area contributed by atoms with Crippen LogP contribution in [0.25, 0.3) is 0 Å². The van der Waals surface area contributed by atoms with Crippen molar-refractivity contribution in [2.45, 2.75) is 13.5 Å². The number of nitrogens with zero attached hydrogens (tertiary/aromatic N) is 4. The highest BCUT2D eigenvalue weighted by Crippen LogP contribution is 2.32. The summed E-state index contributed by atoms with van der Waals surface area (Å²) in [5.41, 5.74) is 2.40. The SMILES string of the molecule is Cc1sc(N(Cc2ccc(F)cn2)c2ccc(C#N)cc2)nc1C=O. The number of hydrogen-bond donors (Lipinski definition) is 0. The Balaban J connectivity index is 2.01. The second kappa shape index (κ2) is 7.20. The maximum Gasteiger partial charge on any atom is 0.191 e. The largest absolute Gasteiger partial charge is 0.312 e. The molecule has 1 aromatic carbocycles. The van der Waals surface area contributed by atoms with Crippen molar-refractivity contribution in [3.05, 3.63) is 70.2 Å². The second-order valence-corrected chi connectivity index (χ2v) is 6.45. The Morgan fingerprint density at radius 1 is 1.28 bits per heavy atom. The van der Waals surface area contributed by atoms with E-state index in [1.807, 2.05) is 11.8 Å². The van der Waals surface area contributed by atoms with Gasteiger partial charge in [0.05, 0.1) is 30.1 Å². The molecule has 5 nitrogen and oxygen atoms in total. The number of halogens is 1. The normalized spacial score (nSPS) is 10.3. The van der Waals surface area contributed by atoms with Gasteiger partial charge in [0.1, 0.15) is 11.5 Å². The van der Waals surface area contributed by atoms with Crippen LogP contribution in [0.4, 0.5) is 15.2 Å². The fraction of sp³-hybridized carbons (Fsp3) is 0.111. The third kappa shape index (κ3) is 3.70. The quantitative estimate of drug-likeness (QED) is 0.649. The fourth-order valence-electron chi connectivity index (χ4n) is 2.27. The summed E-state index contributed by atoms with van der Waals surface area (Å²) in [4.78, 5) is 22.3. The van der Waals surface area contributed by atoms with Crippen LogP contribution in [-0.2, 0) is 6.54 Å². The molecule has 0 bridgehead atoms. The number of aromatic nitrogens is 2. The third-order valence-corrected chi connectivity index (χ3v) is 4.59. The number of aldehydes is 1. The monoisotopic (exact) mass is 352 g/mol. The molecule has 0 amide bonds. The number of pyridine rings is 1. The summed E-state index contributed by atoms with van der Waals surface area (Å²) in [6.45, 7) is 2.19. The molecule has 7 heteroatoms. The number of hydrogen-bond acceptors (Lipinski definition) is 6. The smallest absolute Gasteiger partial charge is 0.191 e. The van der Waals surface area contributed by atoms with E-state index >= 15 is 0 Å². The lowest BCUT2D eigenvalue weighted by molar-refractivity contribution is 0.111. The van der Waals surface area contributed by atoms with Crippen LogP contribution in [-0.4, -0.2) is 16.3 Å². The minimum Gasteiger partial charge on any atom is -0.312 e.